The molecule has 5 atom stereocenters. The summed E-state index contributed by atoms with van der Waals surface area (Å²) in [5.74, 6) is 3.79. The van der Waals surface area contributed by atoms with Gasteiger partial charge in [-0.05, 0) is 43.8 Å². The summed E-state index contributed by atoms with van der Waals surface area (Å²) in [6.07, 6.45) is 15.8. The number of hydrogen-bond acceptors (Lipinski definition) is 6. The van der Waals surface area contributed by atoms with Gasteiger partial charge in [-0.15, -0.1) is 24.7 Å². The lowest BCUT2D eigenvalue weighted by Crippen LogP contribution is -2.49. The highest BCUT2D eigenvalue weighted by Crippen LogP contribution is 2.29. The van der Waals surface area contributed by atoms with Crippen LogP contribution in [-0.2, 0) is 20.8 Å². The number of aliphatic hydroxyl groups is 2. The normalized spacial score (nSPS) is 16.6. The molecule has 9 heteroatoms. The maximum Gasteiger partial charge on any atom is 0.223 e. The van der Waals surface area contributed by atoms with E-state index >= 15 is 0 Å². The minimum atomic E-state index is -1.18. The van der Waals surface area contributed by atoms with Crippen molar-refractivity contribution >= 4 is 17.7 Å². The van der Waals surface area contributed by atoms with Crippen LogP contribution in [0.1, 0.15) is 83.6 Å². The molecule has 0 saturated heterocycles. The first kappa shape index (κ1) is 39.8. The van der Waals surface area contributed by atoms with E-state index in [1.807, 2.05) is 30.3 Å². The van der Waals surface area contributed by atoms with Crippen molar-refractivity contribution in [2.75, 3.05) is 39.8 Å². The summed E-state index contributed by atoms with van der Waals surface area (Å²) in [7, 11) is 1.78. The van der Waals surface area contributed by atoms with E-state index < -0.39 is 30.1 Å². The minimum absolute atomic E-state index is 0.00560. The molecular weight excluding hydrogens is 592 g/mol. The van der Waals surface area contributed by atoms with Crippen molar-refractivity contribution in [3.05, 3.63) is 35.9 Å². The third-order valence-electron chi connectivity index (χ3n) is 9.44. The van der Waals surface area contributed by atoms with Crippen molar-refractivity contribution in [3.63, 3.8) is 0 Å². The largest absolute Gasteiger partial charge is 0.389 e. The number of nitrogens with one attached hydrogen (secondary N) is 2. The maximum absolute atomic E-state index is 13.4. The smallest absolute Gasteiger partial charge is 0.223 e. The highest BCUT2D eigenvalue weighted by molar-refractivity contribution is 5.86. The Morgan fingerprint density at radius 2 is 1.68 bits per heavy atom. The fourth-order valence-corrected chi connectivity index (χ4v) is 6.30. The van der Waals surface area contributed by atoms with Crippen LogP contribution in [0, 0.1) is 42.4 Å². The lowest BCUT2D eigenvalue weighted by Gasteiger charge is -2.32. The lowest BCUT2D eigenvalue weighted by molar-refractivity contribution is -0.135. The van der Waals surface area contributed by atoms with Gasteiger partial charge in [0.15, 0.2) is 0 Å². The van der Waals surface area contributed by atoms with Gasteiger partial charge >= 0.3 is 0 Å². The summed E-state index contributed by atoms with van der Waals surface area (Å²) >= 11 is 0. The van der Waals surface area contributed by atoms with Crippen LogP contribution in [0.5, 0.6) is 0 Å². The van der Waals surface area contributed by atoms with Crippen molar-refractivity contribution < 1.29 is 24.6 Å². The van der Waals surface area contributed by atoms with Gasteiger partial charge in [0.05, 0.1) is 18.1 Å². The Morgan fingerprint density at radius 3 is 2.30 bits per heavy atom. The van der Waals surface area contributed by atoms with Crippen LogP contribution < -0.4 is 10.6 Å². The molecule has 2 rings (SSSR count). The van der Waals surface area contributed by atoms with Crippen LogP contribution in [0.4, 0.5) is 0 Å². The molecule has 3 amide bonds. The molecule has 1 aliphatic carbocycles. The highest BCUT2D eigenvalue weighted by atomic mass is 16.3. The van der Waals surface area contributed by atoms with Crippen LogP contribution in [0.25, 0.3) is 0 Å². The molecule has 9 nitrogen and oxygen atoms in total. The number of carbonyl (C=O) groups excluding carboxylic acids is 3. The molecular formula is C38H58N4O5. The van der Waals surface area contributed by atoms with E-state index in [0.717, 1.165) is 50.9 Å². The number of likely N-dealkylation sites (N-methyl/N-ethyl adjacent to an activating group) is 2. The first-order valence-corrected chi connectivity index (χ1v) is 17.4. The first-order valence-electron chi connectivity index (χ1n) is 17.4. The van der Waals surface area contributed by atoms with E-state index in [4.69, 9.17) is 12.8 Å². The molecule has 1 fully saturated rings. The quantitative estimate of drug-likeness (QED) is 0.152. The second-order valence-corrected chi connectivity index (χ2v) is 13.0. The summed E-state index contributed by atoms with van der Waals surface area (Å²) in [4.78, 5) is 43.6. The molecule has 4 N–H and O–H groups in total. The number of nitrogens with zero attached hydrogens (tertiary/aromatic N) is 2. The third kappa shape index (κ3) is 14.9. The van der Waals surface area contributed by atoms with Gasteiger partial charge < -0.3 is 30.6 Å². The van der Waals surface area contributed by atoms with Crippen molar-refractivity contribution in [1.29, 1.82) is 0 Å². The monoisotopic (exact) mass is 650 g/mol. The van der Waals surface area contributed by atoms with Gasteiger partial charge in [-0.3, -0.25) is 14.4 Å². The Hall–Kier alpha value is -3.37. The van der Waals surface area contributed by atoms with Crippen LogP contribution in [0.3, 0.4) is 0 Å². The van der Waals surface area contributed by atoms with E-state index in [2.05, 4.69) is 41.2 Å². The highest BCUT2D eigenvalue weighted by Gasteiger charge is 2.31. The van der Waals surface area contributed by atoms with Crippen LogP contribution in [0.2, 0.25) is 0 Å². The number of carbonyl (C=O) groups is 3. The zero-order valence-corrected chi connectivity index (χ0v) is 28.8. The number of hydrogen-bond donors (Lipinski definition) is 4. The Kier molecular flexibility index (Phi) is 18.8. The van der Waals surface area contributed by atoms with E-state index in [1.54, 1.807) is 11.9 Å². The molecule has 0 aliphatic heterocycles. The van der Waals surface area contributed by atoms with E-state index in [0.29, 0.717) is 31.7 Å². The second-order valence-electron chi connectivity index (χ2n) is 13.0. The number of terminal acetylenes is 2. The standard InChI is InChI=1S/C38H58N4O5/c1-6-16-34(43)37(46)33(26-31-19-14-11-15-20-31)40-35(44)27-29(7-2)21-22-39-38(47)32(25-30-17-12-10-13-18-30)28-36(45)41(5)23-24-42(8-3)9-4/h1-2,10,12-13,17-18,29,31-34,37,43,46H,8-9,11,14-16,19-28H2,3-5H3,(H,39,47)(H,40,44)/t29-,32-,33+,34+,37-/m1/s1. The zero-order valence-electron chi connectivity index (χ0n) is 28.8. The van der Waals surface area contributed by atoms with E-state index in [-0.39, 0.29) is 43.5 Å². The average molecular weight is 651 g/mol. The molecule has 0 bridgehead atoms. The predicted octanol–water partition coefficient (Wildman–Crippen LogP) is 3.38. The Morgan fingerprint density at radius 1 is 1.00 bits per heavy atom. The van der Waals surface area contributed by atoms with Gasteiger partial charge in [0.25, 0.3) is 0 Å². The van der Waals surface area contributed by atoms with Crippen molar-refractivity contribution in [1.82, 2.24) is 20.4 Å². The first-order chi connectivity index (χ1) is 22.6. The van der Waals surface area contributed by atoms with Gasteiger partial charge in [0.2, 0.25) is 17.7 Å². The number of rotatable bonds is 21. The minimum Gasteiger partial charge on any atom is -0.389 e. The SMILES string of the molecule is C#CC[C@H](O)[C@H](O)[C@H](CC1CCCCC1)NC(=O)C[C@H](C#C)CCNC(=O)[C@@H](CC(=O)N(C)CCN(CC)CC)Cc1ccccc1. The van der Waals surface area contributed by atoms with Crippen molar-refractivity contribution in [3.8, 4) is 24.7 Å². The second kappa shape index (κ2) is 22.2. The maximum atomic E-state index is 13.4. The fourth-order valence-electron chi connectivity index (χ4n) is 6.30. The van der Waals surface area contributed by atoms with E-state index in [1.165, 1.54) is 6.42 Å². The van der Waals surface area contributed by atoms with Gasteiger partial charge in [-0.25, -0.2) is 0 Å². The third-order valence-corrected chi connectivity index (χ3v) is 9.44. The Bertz CT molecular complexity index is 1150. The summed E-state index contributed by atoms with van der Waals surface area (Å²) in [6, 6.07) is 9.02. The number of aliphatic hydroxyl groups excluding tert-OH is 2. The van der Waals surface area contributed by atoms with E-state index in [9.17, 15) is 24.6 Å². The lowest BCUT2D eigenvalue weighted by atomic mass is 9.82. The molecule has 0 radical (unpaired) electrons. The molecule has 1 saturated carbocycles. The molecule has 1 aromatic carbocycles. The van der Waals surface area contributed by atoms with Crippen LogP contribution in [-0.4, -0.2) is 95.8 Å². The molecule has 0 spiro atoms. The molecule has 1 aromatic rings. The molecule has 260 valence electrons. The predicted molar refractivity (Wildman–Crippen MR) is 187 cm³/mol. The Labute approximate surface area is 283 Å². The number of amides is 3. The average Bonchev–Trinajstić information content (AvgIpc) is 3.08. The summed E-state index contributed by atoms with van der Waals surface area (Å²) in [6.45, 7) is 7.64. The van der Waals surface area contributed by atoms with Crippen molar-refractivity contribution in [2.45, 2.75) is 103 Å². The topological polar surface area (TPSA) is 122 Å². The molecule has 0 unspecified atom stereocenters. The van der Waals surface area contributed by atoms with Crippen LogP contribution >= 0.6 is 0 Å². The summed E-state index contributed by atoms with van der Waals surface area (Å²) < 4.78 is 0. The van der Waals surface area contributed by atoms with Gasteiger partial charge in [-0.2, -0.15) is 0 Å². The molecule has 0 heterocycles. The van der Waals surface area contributed by atoms with Crippen molar-refractivity contribution in [2.24, 2.45) is 17.8 Å². The van der Waals surface area contributed by atoms with Gasteiger partial charge in [-0.1, -0.05) is 76.3 Å². The number of benzene rings is 1. The fraction of sp³-hybridized carbons (Fsp3) is 0.658. The zero-order chi connectivity index (χ0) is 34.6. The van der Waals surface area contributed by atoms with Gasteiger partial charge in [0, 0.05) is 51.9 Å². The summed E-state index contributed by atoms with van der Waals surface area (Å²) in [5, 5.41) is 27.1. The Balaban J connectivity index is 1.97. The summed E-state index contributed by atoms with van der Waals surface area (Å²) in [5.41, 5.74) is 0.974. The van der Waals surface area contributed by atoms with Gasteiger partial charge in [0.1, 0.15) is 6.10 Å². The molecule has 1 aliphatic rings. The van der Waals surface area contributed by atoms with Crippen LogP contribution in [0.15, 0.2) is 30.3 Å². The molecule has 0 aromatic heterocycles. The molecule has 47 heavy (non-hydrogen) atoms.